The maximum atomic E-state index is 13.8. The van der Waals surface area contributed by atoms with Gasteiger partial charge in [0.15, 0.2) is 0 Å². The van der Waals surface area contributed by atoms with Crippen LogP contribution in [0.4, 0.5) is 4.39 Å². The summed E-state index contributed by atoms with van der Waals surface area (Å²) in [7, 11) is 0. The summed E-state index contributed by atoms with van der Waals surface area (Å²) in [5.41, 5.74) is 0.390. The van der Waals surface area contributed by atoms with Crippen LogP contribution in [0.1, 0.15) is 28.8 Å². The Hall–Kier alpha value is -1.82. The molecule has 4 nitrogen and oxygen atoms in total. The van der Waals surface area contributed by atoms with Gasteiger partial charge in [0, 0.05) is 23.2 Å². The van der Waals surface area contributed by atoms with Crippen molar-refractivity contribution in [2.24, 2.45) is 0 Å². The Morgan fingerprint density at radius 1 is 1.33 bits per heavy atom. The van der Waals surface area contributed by atoms with Crippen LogP contribution >= 0.6 is 11.8 Å². The Balaban J connectivity index is 2.04. The highest BCUT2D eigenvalue weighted by atomic mass is 32.2. The first-order valence-corrected chi connectivity index (χ1v) is 7.81. The molecule has 0 spiro atoms. The predicted molar refractivity (Wildman–Crippen MR) is 80.9 cm³/mol. The van der Waals surface area contributed by atoms with E-state index in [0.717, 1.165) is 42.6 Å². The van der Waals surface area contributed by atoms with Crippen LogP contribution in [0.15, 0.2) is 24.3 Å². The van der Waals surface area contributed by atoms with Crippen molar-refractivity contribution in [2.75, 3.05) is 11.5 Å². The fourth-order valence-corrected chi connectivity index (χ4v) is 3.18. The van der Waals surface area contributed by atoms with Gasteiger partial charge in [-0.1, -0.05) is 6.07 Å². The third-order valence-electron chi connectivity index (χ3n) is 3.22. The van der Waals surface area contributed by atoms with Crippen molar-refractivity contribution < 1.29 is 19.1 Å². The second-order valence-corrected chi connectivity index (χ2v) is 5.99. The average Bonchev–Trinajstić information content (AvgIpc) is 2.46. The van der Waals surface area contributed by atoms with Gasteiger partial charge in [-0.25, -0.2) is 9.18 Å². The first kappa shape index (κ1) is 15.6. The van der Waals surface area contributed by atoms with Gasteiger partial charge in [-0.2, -0.15) is 11.8 Å². The number of aliphatic carboxylic acids is 1. The second-order valence-electron chi connectivity index (χ2n) is 4.77. The number of benzene rings is 1. The Morgan fingerprint density at radius 3 is 2.67 bits per heavy atom. The molecule has 0 saturated carbocycles. The molecule has 0 unspecified atom stereocenters. The summed E-state index contributed by atoms with van der Waals surface area (Å²) in [6.07, 6.45) is 3.88. The number of carbonyl (C=O) groups is 2. The molecule has 1 amide bonds. The van der Waals surface area contributed by atoms with E-state index in [4.69, 9.17) is 5.11 Å². The maximum Gasteiger partial charge on any atom is 0.328 e. The van der Waals surface area contributed by atoms with Gasteiger partial charge in [-0.05, 0) is 42.6 Å². The summed E-state index contributed by atoms with van der Waals surface area (Å²) in [5.74, 6) is 0.00139. The summed E-state index contributed by atoms with van der Waals surface area (Å²) < 4.78 is 13.8. The lowest BCUT2D eigenvalue weighted by molar-refractivity contribution is -0.131. The van der Waals surface area contributed by atoms with E-state index in [2.05, 4.69) is 5.32 Å². The number of thioether (sulfide) groups is 1. The molecule has 0 bridgehead atoms. The van der Waals surface area contributed by atoms with Gasteiger partial charge < -0.3 is 10.4 Å². The minimum Gasteiger partial charge on any atom is -0.478 e. The lowest BCUT2D eigenvalue weighted by Gasteiger charge is -2.22. The Bertz CT molecular complexity index is 568. The number of hydrogen-bond donors (Lipinski definition) is 2. The van der Waals surface area contributed by atoms with Gasteiger partial charge >= 0.3 is 5.97 Å². The molecule has 2 rings (SSSR count). The highest BCUT2D eigenvalue weighted by Gasteiger charge is 2.17. The van der Waals surface area contributed by atoms with Gasteiger partial charge in [-0.3, -0.25) is 4.79 Å². The summed E-state index contributed by atoms with van der Waals surface area (Å²) in [5, 5.41) is 11.4. The number of carboxylic acid groups (broad SMARTS) is 1. The zero-order valence-corrected chi connectivity index (χ0v) is 12.2. The average molecular weight is 309 g/mol. The van der Waals surface area contributed by atoms with Gasteiger partial charge in [0.1, 0.15) is 5.82 Å². The van der Waals surface area contributed by atoms with E-state index in [9.17, 15) is 14.0 Å². The number of carbonyl (C=O) groups excluding carboxylic acids is 1. The molecule has 0 aromatic heterocycles. The molecule has 1 aliphatic heterocycles. The quantitative estimate of drug-likeness (QED) is 0.839. The Labute approximate surface area is 126 Å². The molecule has 112 valence electrons. The van der Waals surface area contributed by atoms with Gasteiger partial charge in [0.05, 0.1) is 0 Å². The van der Waals surface area contributed by atoms with E-state index in [1.165, 1.54) is 12.1 Å². The molecule has 21 heavy (non-hydrogen) atoms. The van der Waals surface area contributed by atoms with E-state index in [-0.39, 0.29) is 23.1 Å². The van der Waals surface area contributed by atoms with Crippen molar-refractivity contribution in [2.45, 2.75) is 18.9 Å². The first-order valence-electron chi connectivity index (χ1n) is 6.65. The van der Waals surface area contributed by atoms with Gasteiger partial charge in [-0.15, -0.1) is 0 Å². The Morgan fingerprint density at radius 2 is 2.05 bits per heavy atom. The summed E-state index contributed by atoms with van der Waals surface area (Å²) in [4.78, 5) is 22.5. The summed E-state index contributed by atoms with van der Waals surface area (Å²) in [6.45, 7) is 0. The molecule has 2 N–H and O–H groups in total. The third-order valence-corrected chi connectivity index (χ3v) is 4.27. The number of amides is 1. The summed E-state index contributed by atoms with van der Waals surface area (Å²) in [6, 6.07) is 4.18. The lowest BCUT2D eigenvalue weighted by Crippen LogP contribution is -2.37. The van der Waals surface area contributed by atoms with Gasteiger partial charge in [0.25, 0.3) is 5.91 Å². The van der Waals surface area contributed by atoms with E-state index < -0.39 is 11.8 Å². The maximum absolute atomic E-state index is 13.8. The monoisotopic (exact) mass is 309 g/mol. The van der Waals surface area contributed by atoms with E-state index >= 15 is 0 Å². The van der Waals surface area contributed by atoms with Crippen LogP contribution in [0.3, 0.4) is 0 Å². The molecule has 0 radical (unpaired) electrons. The van der Waals surface area contributed by atoms with Crippen LogP contribution in [0.25, 0.3) is 6.08 Å². The number of hydrogen-bond acceptors (Lipinski definition) is 3. The van der Waals surface area contributed by atoms with Crippen LogP contribution in [0.2, 0.25) is 0 Å². The molecular weight excluding hydrogens is 293 g/mol. The third kappa shape index (κ3) is 4.60. The molecule has 0 aliphatic carbocycles. The molecule has 1 heterocycles. The van der Waals surface area contributed by atoms with E-state index in [0.29, 0.717) is 0 Å². The van der Waals surface area contributed by atoms with Crippen LogP contribution < -0.4 is 5.32 Å². The molecule has 6 heteroatoms. The smallest absolute Gasteiger partial charge is 0.328 e. The topological polar surface area (TPSA) is 66.4 Å². The number of halogens is 1. The number of rotatable bonds is 4. The van der Waals surface area contributed by atoms with E-state index in [1.807, 2.05) is 11.8 Å². The molecule has 1 aliphatic rings. The van der Waals surface area contributed by atoms with E-state index in [1.54, 1.807) is 0 Å². The van der Waals surface area contributed by atoms with Crippen LogP contribution in [-0.4, -0.2) is 34.5 Å². The minimum absolute atomic E-state index is 0.142. The van der Waals surface area contributed by atoms with Gasteiger partial charge in [0.2, 0.25) is 0 Å². The van der Waals surface area contributed by atoms with Crippen molar-refractivity contribution in [3.8, 4) is 0 Å². The highest BCUT2D eigenvalue weighted by Crippen LogP contribution is 2.18. The summed E-state index contributed by atoms with van der Waals surface area (Å²) >= 11 is 1.87. The largest absolute Gasteiger partial charge is 0.478 e. The fourth-order valence-electron chi connectivity index (χ4n) is 2.08. The van der Waals surface area contributed by atoms with Crippen LogP contribution in [0, 0.1) is 5.82 Å². The fraction of sp³-hybridized carbons (Fsp3) is 0.333. The zero-order chi connectivity index (χ0) is 15.2. The standard InChI is InChI=1S/C15H16FNO3S/c16-13-9-11(2-1-10(13)3-4-14(18)19)15(20)17-12-5-7-21-8-6-12/h1-4,9,12H,5-8H2,(H,17,20)(H,18,19)/b4-3+. The molecule has 1 aromatic rings. The van der Waals surface area contributed by atoms with Crippen LogP contribution in [-0.2, 0) is 4.79 Å². The highest BCUT2D eigenvalue weighted by molar-refractivity contribution is 7.99. The normalized spacial score (nSPS) is 16.0. The minimum atomic E-state index is -1.15. The van der Waals surface area contributed by atoms with Crippen LogP contribution in [0.5, 0.6) is 0 Å². The molecule has 0 atom stereocenters. The van der Waals surface area contributed by atoms with Crippen molar-refractivity contribution in [1.29, 1.82) is 0 Å². The molecule has 1 aromatic carbocycles. The first-order chi connectivity index (χ1) is 10.1. The second kappa shape index (κ2) is 7.26. The molecule has 1 fully saturated rings. The molecular formula is C15H16FNO3S. The zero-order valence-electron chi connectivity index (χ0n) is 11.3. The van der Waals surface area contributed by atoms with Crippen molar-refractivity contribution in [3.63, 3.8) is 0 Å². The SMILES string of the molecule is O=C(O)/C=C/c1ccc(C(=O)NC2CCSCC2)cc1F. The Kier molecular flexibility index (Phi) is 5.38. The van der Waals surface area contributed by atoms with Crippen molar-refractivity contribution in [1.82, 2.24) is 5.32 Å². The number of nitrogens with one attached hydrogen (secondary N) is 1. The van der Waals surface area contributed by atoms with Crippen molar-refractivity contribution in [3.05, 3.63) is 41.2 Å². The lowest BCUT2D eigenvalue weighted by atomic mass is 10.1. The molecule has 1 saturated heterocycles. The number of carboxylic acids is 1. The predicted octanol–water partition coefficient (Wildman–Crippen LogP) is 2.55. The van der Waals surface area contributed by atoms with Crippen molar-refractivity contribution >= 4 is 29.7 Å².